The first kappa shape index (κ1) is 13.2. The van der Waals surface area contributed by atoms with Crippen molar-refractivity contribution >= 4 is 11.4 Å². The molecule has 0 aliphatic heterocycles. The fourth-order valence-corrected chi connectivity index (χ4v) is 2.57. The molecule has 0 spiro atoms. The third-order valence-corrected chi connectivity index (χ3v) is 3.44. The summed E-state index contributed by atoms with van der Waals surface area (Å²) in [6.07, 6.45) is 6.98. The molecule has 1 aliphatic carbocycles. The number of rotatable bonds is 5. The van der Waals surface area contributed by atoms with E-state index in [1.807, 2.05) is 12.1 Å². The number of anilines is 2. The van der Waals surface area contributed by atoms with Crippen LogP contribution in [0, 0.1) is 6.92 Å². The maximum Gasteiger partial charge on any atom is 0.0642 e. The van der Waals surface area contributed by atoms with Gasteiger partial charge in [-0.1, -0.05) is 19.3 Å². The van der Waals surface area contributed by atoms with Crippen LogP contribution in [-0.4, -0.2) is 19.3 Å². The van der Waals surface area contributed by atoms with Crippen LogP contribution < -0.4 is 11.1 Å². The minimum atomic E-state index is 0.489. The van der Waals surface area contributed by atoms with Gasteiger partial charge in [0.1, 0.15) is 0 Å². The van der Waals surface area contributed by atoms with E-state index < -0.39 is 0 Å². The summed E-state index contributed by atoms with van der Waals surface area (Å²) >= 11 is 0. The fraction of sp³-hybridized carbons (Fsp3) is 0.600. The Balaban J connectivity index is 1.68. The van der Waals surface area contributed by atoms with E-state index in [9.17, 15) is 0 Å². The van der Waals surface area contributed by atoms with Crippen molar-refractivity contribution in [2.24, 2.45) is 0 Å². The van der Waals surface area contributed by atoms with E-state index in [1.54, 1.807) is 0 Å². The molecule has 18 heavy (non-hydrogen) atoms. The highest BCUT2D eigenvalue weighted by Crippen LogP contribution is 2.20. The summed E-state index contributed by atoms with van der Waals surface area (Å²) in [5.41, 5.74) is 8.89. The molecule has 100 valence electrons. The highest BCUT2D eigenvalue weighted by atomic mass is 16.5. The molecule has 1 aromatic carbocycles. The van der Waals surface area contributed by atoms with E-state index in [-0.39, 0.29) is 0 Å². The maximum absolute atomic E-state index is 5.87. The van der Waals surface area contributed by atoms with Crippen LogP contribution in [0.5, 0.6) is 0 Å². The van der Waals surface area contributed by atoms with Gasteiger partial charge in [0.25, 0.3) is 0 Å². The highest BCUT2D eigenvalue weighted by molar-refractivity contribution is 5.56. The molecule has 0 unspecified atom stereocenters. The maximum atomic E-state index is 5.87. The van der Waals surface area contributed by atoms with Crippen LogP contribution in [0.25, 0.3) is 0 Å². The highest BCUT2D eigenvalue weighted by Gasteiger charge is 2.12. The van der Waals surface area contributed by atoms with Gasteiger partial charge in [0.05, 0.1) is 12.7 Å². The van der Waals surface area contributed by atoms with Crippen LogP contribution in [0.2, 0.25) is 0 Å². The van der Waals surface area contributed by atoms with E-state index in [0.29, 0.717) is 6.10 Å². The molecule has 1 saturated carbocycles. The van der Waals surface area contributed by atoms with Gasteiger partial charge in [-0.15, -0.1) is 0 Å². The molecular formula is C15H24N2O. The molecule has 0 bridgehead atoms. The second-order valence-corrected chi connectivity index (χ2v) is 5.19. The Bertz CT molecular complexity index is 353. The number of ether oxygens (including phenoxy) is 1. The van der Waals surface area contributed by atoms with Crippen molar-refractivity contribution in [1.29, 1.82) is 0 Å². The van der Waals surface area contributed by atoms with Crippen LogP contribution >= 0.6 is 0 Å². The van der Waals surface area contributed by atoms with Gasteiger partial charge in [-0.25, -0.2) is 0 Å². The zero-order chi connectivity index (χ0) is 12.8. The Hall–Kier alpha value is -1.22. The van der Waals surface area contributed by atoms with Crippen molar-refractivity contribution in [3.8, 4) is 0 Å². The summed E-state index contributed by atoms with van der Waals surface area (Å²) in [6, 6.07) is 6.05. The second-order valence-electron chi connectivity index (χ2n) is 5.19. The number of nitrogen functional groups attached to an aromatic ring is 1. The van der Waals surface area contributed by atoms with Crippen LogP contribution in [0.3, 0.4) is 0 Å². The Labute approximate surface area is 110 Å². The summed E-state index contributed by atoms with van der Waals surface area (Å²) < 4.78 is 5.87. The lowest BCUT2D eigenvalue weighted by molar-refractivity contribution is 0.0347. The van der Waals surface area contributed by atoms with Crippen molar-refractivity contribution in [2.45, 2.75) is 45.1 Å². The lowest BCUT2D eigenvalue weighted by Gasteiger charge is -2.22. The van der Waals surface area contributed by atoms with E-state index in [2.05, 4.69) is 18.3 Å². The lowest BCUT2D eigenvalue weighted by atomic mass is 9.98. The molecule has 0 radical (unpaired) electrons. The van der Waals surface area contributed by atoms with E-state index in [1.165, 1.54) is 37.7 Å². The standard InChI is InChI=1S/C15H24N2O/c1-12-9-13(16)11-14(10-12)17-7-8-18-15-5-3-2-4-6-15/h9-11,15,17H,2-8,16H2,1H3. The number of benzene rings is 1. The molecule has 3 N–H and O–H groups in total. The van der Waals surface area contributed by atoms with Gasteiger partial charge < -0.3 is 15.8 Å². The van der Waals surface area contributed by atoms with Gasteiger partial charge >= 0.3 is 0 Å². The number of hydrogen-bond acceptors (Lipinski definition) is 3. The van der Waals surface area contributed by atoms with Crippen molar-refractivity contribution in [1.82, 2.24) is 0 Å². The summed E-state index contributed by atoms with van der Waals surface area (Å²) in [5, 5.41) is 3.36. The molecule has 3 nitrogen and oxygen atoms in total. The molecule has 0 heterocycles. The average molecular weight is 248 g/mol. The first-order valence-corrected chi connectivity index (χ1v) is 6.97. The van der Waals surface area contributed by atoms with Crippen LogP contribution in [0.4, 0.5) is 11.4 Å². The van der Waals surface area contributed by atoms with Gasteiger partial charge in [-0.2, -0.15) is 0 Å². The monoisotopic (exact) mass is 248 g/mol. The number of hydrogen-bond donors (Lipinski definition) is 2. The molecule has 0 atom stereocenters. The predicted octanol–water partition coefficient (Wildman–Crippen LogP) is 3.34. The minimum Gasteiger partial charge on any atom is -0.399 e. The number of nitrogens with one attached hydrogen (secondary N) is 1. The summed E-state index contributed by atoms with van der Waals surface area (Å²) in [4.78, 5) is 0. The molecule has 1 fully saturated rings. The zero-order valence-electron chi connectivity index (χ0n) is 11.2. The van der Waals surface area contributed by atoms with Gasteiger partial charge in [0.2, 0.25) is 0 Å². The first-order valence-electron chi connectivity index (χ1n) is 6.97. The zero-order valence-corrected chi connectivity index (χ0v) is 11.2. The second kappa shape index (κ2) is 6.64. The van der Waals surface area contributed by atoms with Crippen LogP contribution in [0.15, 0.2) is 18.2 Å². The molecule has 1 aliphatic rings. The van der Waals surface area contributed by atoms with E-state index >= 15 is 0 Å². The molecule has 0 amide bonds. The third-order valence-electron chi connectivity index (χ3n) is 3.44. The molecule has 0 saturated heterocycles. The molecule has 1 aromatic rings. The Morgan fingerprint density at radius 3 is 2.72 bits per heavy atom. The van der Waals surface area contributed by atoms with Gasteiger partial charge in [-0.3, -0.25) is 0 Å². The minimum absolute atomic E-state index is 0.489. The van der Waals surface area contributed by atoms with Gasteiger partial charge in [0.15, 0.2) is 0 Å². The quantitative estimate of drug-likeness (QED) is 0.620. The average Bonchev–Trinajstić information content (AvgIpc) is 2.35. The fourth-order valence-electron chi connectivity index (χ4n) is 2.57. The Kier molecular flexibility index (Phi) is 4.88. The molecule has 3 heteroatoms. The normalized spacial score (nSPS) is 16.7. The van der Waals surface area contributed by atoms with Crippen molar-refractivity contribution in [3.05, 3.63) is 23.8 Å². The third kappa shape index (κ3) is 4.22. The Morgan fingerprint density at radius 1 is 1.22 bits per heavy atom. The van der Waals surface area contributed by atoms with E-state index in [0.717, 1.165) is 24.5 Å². The summed E-state index contributed by atoms with van der Waals surface area (Å²) in [5.74, 6) is 0. The number of nitrogens with two attached hydrogens (primary N) is 1. The van der Waals surface area contributed by atoms with Crippen LogP contribution in [0.1, 0.15) is 37.7 Å². The SMILES string of the molecule is Cc1cc(N)cc(NCCOC2CCCCC2)c1. The smallest absolute Gasteiger partial charge is 0.0642 e. The van der Waals surface area contributed by atoms with Gasteiger partial charge in [0, 0.05) is 17.9 Å². The van der Waals surface area contributed by atoms with Crippen LogP contribution in [-0.2, 0) is 4.74 Å². The summed E-state index contributed by atoms with van der Waals surface area (Å²) in [6.45, 7) is 3.68. The van der Waals surface area contributed by atoms with Crippen molar-refractivity contribution < 1.29 is 4.74 Å². The number of aryl methyl sites for hydroxylation is 1. The predicted molar refractivity (Wildman–Crippen MR) is 76.9 cm³/mol. The molecule has 2 rings (SSSR count). The van der Waals surface area contributed by atoms with Crippen molar-refractivity contribution in [3.63, 3.8) is 0 Å². The molecular weight excluding hydrogens is 224 g/mol. The van der Waals surface area contributed by atoms with E-state index in [4.69, 9.17) is 10.5 Å². The largest absolute Gasteiger partial charge is 0.399 e. The molecule has 0 aromatic heterocycles. The lowest BCUT2D eigenvalue weighted by Crippen LogP contribution is -2.20. The van der Waals surface area contributed by atoms with Crippen molar-refractivity contribution in [2.75, 3.05) is 24.2 Å². The Morgan fingerprint density at radius 2 is 2.00 bits per heavy atom. The topological polar surface area (TPSA) is 47.3 Å². The summed E-state index contributed by atoms with van der Waals surface area (Å²) in [7, 11) is 0. The van der Waals surface area contributed by atoms with Gasteiger partial charge in [-0.05, 0) is 43.5 Å². The first-order chi connectivity index (χ1) is 8.74.